The van der Waals surface area contributed by atoms with E-state index in [0.717, 1.165) is 0 Å². The van der Waals surface area contributed by atoms with Gasteiger partial charge in [-0.3, -0.25) is 4.79 Å². The van der Waals surface area contributed by atoms with Crippen LogP contribution in [-0.2, 0) is 11.3 Å². The van der Waals surface area contributed by atoms with E-state index in [-0.39, 0.29) is 11.9 Å². The number of amides is 1. The third kappa shape index (κ3) is 3.54. The van der Waals surface area contributed by atoms with E-state index in [1.54, 1.807) is 32.5 Å². The van der Waals surface area contributed by atoms with Crippen molar-refractivity contribution >= 4 is 23.2 Å². The molecule has 6 heteroatoms. The molecule has 94 valence electrons. The topological polar surface area (TPSA) is 69.6 Å². The minimum absolute atomic E-state index is 0.0305. The molecule has 0 saturated carbocycles. The second-order valence-corrected chi connectivity index (χ2v) is 4.83. The van der Waals surface area contributed by atoms with E-state index in [4.69, 9.17) is 5.11 Å². The molecule has 0 saturated heterocycles. The lowest BCUT2D eigenvalue weighted by Gasteiger charge is -2.17. The van der Waals surface area contributed by atoms with Crippen molar-refractivity contribution in [1.82, 2.24) is 10.2 Å². The van der Waals surface area contributed by atoms with E-state index < -0.39 is 5.97 Å². The molecular formula is C11H16N2O3S. The van der Waals surface area contributed by atoms with Crippen LogP contribution in [0.15, 0.2) is 11.4 Å². The number of carboxylic acid groups (broad SMARTS) is 1. The molecule has 1 aromatic rings. The molecule has 1 amide bonds. The van der Waals surface area contributed by atoms with E-state index in [1.807, 2.05) is 0 Å². The Morgan fingerprint density at radius 2 is 2.18 bits per heavy atom. The van der Waals surface area contributed by atoms with E-state index in [0.29, 0.717) is 17.0 Å². The van der Waals surface area contributed by atoms with Gasteiger partial charge in [0.2, 0.25) is 5.91 Å². The Bertz CT molecular complexity index is 415. The Hall–Kier alpha value is -1.40. The van der Waals surface area contributed by atoms with Gasteiger partial charge in [0.25, 0.3) is 0 Å². The lowest BCUT2D eigenvalue weighted by Crippen LogP contribution is -2.41. The zero-order valence-corrected chi connectivity index (χ0v) is 10.9. The largest absolute Gasteiger partial charge is 0.477 e. The Balaban J connectivity index is 2.59. The van der Waals surface area contributed by atoms with Crippen molar-refractivity contribution in [2.45, 2.75) is 19.5 Å². The Labute approximate surface area is 104 Å². The highest BCUT2D eigenvalue weighted by atomic mass is 32.1. The summed E-state index contributed by atoms with van der Waals surface area (Å²) >= 11 is 1.19. The number of nitrogens with zero attached hydrogens (tertiary/aromatic N) is 1. The number of likely N-dealkylation sites (N-methyl/N-ethyl adjacent to an activating group) is 1. The second-order valence-electron chi connectivity index (χ2n) is 3.92. The van der Waals surface area contributed by atoms with Crippen molar-refractivity contribution in [1.29, 1.82) is 0 Å². The molecule has 0 radical (unpaired) electrons. The van der Waals surface area contributed by atoms with E-state index in [1.165, 1.54) is 16.2 Å². The lowest BCUT2D eigenvalue weighted by atomic mass is 10.2. The van der Waals surface area contributed by atoms with Crippen LogP contribution < -0.4 is 5.32 Å². The Morgan fingerprint density at radius 3 is 2.71 bits per heavy atom. The molecule has 0 aliphatic carbocycles. The molecule has 1 heterocycles. The van der Waals surface area contributed by atoms with Crippen molar-refractivity contribution in [2.75, 3.05) is 14.1 Å². The Kier molecular flexibility index (Phi) is 4.65. The fourth-order valence-electron chi connectivity index (χ4n) is 1.40. The maximum Gasteiger partial charge on any atom is 0.346 e. The number of rotatable bonds is 5. The predicted octanol–water partition coefficient (Wildman–Crippen LogP) is 1.01. The molecule has 5 nitrogen and oxygen atoms in total. The van der Waals surface area contributed by atoms with Gasteiger partial charge in [-0.2, -0.15) is 0 Å². The summed E-state index contributed by atoms with van der Waals surface area (Å²) in [6.45, 7) is 2.14. The molecule has 1 unspecified atom stereocenters. The minimum atomic E-state index is -0.927. The van der Waals surface area contributed by atoms with Crippen LogP contribution in [0.4, 0.5) is 0 Å². The first-order valence-corrected chi connectivity index (χ1v) is 6.05. The molecule has 2 N–H and O–H groups in total. The first-order valence-electron chi connectivity index (χ1n) is 5.17. The third-order valence-electron chi connectivity index (χ3n) is 2.35. The van der Waals surface area contributed by atoms with Crippen molar-refractivity contribution in [3.8, 4) is 0 Å². The molecule has 1 rings (SSSR count). The third-order valence-corrected chi connectivity index (χ3v) is 3.30. The number of thiophene rings is 1. The molecule has 0 bridgehead atoms. The van der Waals surface area contributed by atoms with Crippen LogP contribution in [0.1, 0.15) is 22.2 Å². The van der Waals surface area contributed by atoms with Crippen LogP contribution in [0.5, 0.6) is 0 Å². The predicted molar refractivity (Wildman–Crippen MR) is 66.3 cm³/mol. The van der Waals surface area contributed by atoms with Gasteiger partial charge in [0, 0.05) is 20.6 Å². The first kappa shape index (κ1) is 13.7. The van der Waals surface area contributed by atoms with Crippen molar-refractivity contribution in [3.63, 3.8) is 0 Å². The lowest BCUT2D eigenvalue weighted by molar-refractivity contribution is -0.130. The smallest absolute Gasteiger partial charge is 0.346 e. The highest BCUT2D eigenvalue weighted by molar-refractivity contribution is 7.12. The van der Waals surface area contributed by atoms with Crippen LogP contribution in [0.2, 0.25) is 0 Å². The maximum atomic E-state index is 11.6. The van der Waals surface area contributed by atoms with Gasteiger partial charge in [0.05, 0.1) is 6.04 Å². The molecular weight excluding hydrogens is 240 g/mol. The number of carbonyl (C=O) groups excluding carboxylic acids is 1. The molecule has 0 fully saturated rings. The molecule has 1 atom stereocenters. The monoisotopic (exact) mass is 256 g/mol. The number of nitrogens with one attached hydrogen (secondary N) is 1. The SMILES string of the molecule is CC(NCc1ccsc1C(=O)O)C(=O)N(C)C. The molecule has 0 spiro atoms. The van der Waals surface area contributed by atoms with Gasteiger partial charge in [0.1, 0.15) is 4.88 Å². The summed E-state index contributed by atoms with van der Waals surface area (Å²) in [5.74, 6) is -0.958. The molecule has 17 heavy (non-hydrogen) atoms. The number of carboxylic acids is 1. The highest BCUT2D eigenvalue weighted by Gasteiger charge is 2.16. The van der Waals surface area contributed by atoms with Gasteiger partial charge in [-0.1, -0.05) is 0 Å². The summed E-state index contributed by atoms with van der Waals surface area (Å²) < 4.78 is 0. The van der Waals surface area contributed by atoms with Gasteiger partial charge in [-0.15, -0.1) is 11.3 Å². The summed E-state index contributed by atoms with van der Waals surface area (Å²) in [7, 11) is 3.38. The van der Waals surface area contributed by atoms with Crippen molar-refractivity contribution in [2.24, 2.45) is 0 Å². The zero-order chi connectivity index (χ0) is 13.0. The fourth-order valence-corrected chi connectivity index (χ4v) is 2.16. The normalized spacial score (nSPS) is 12.2. The van der Waals surface area contributed by atoms with Crippen LogP contribution in [0.3, 0.4) is 0 Å². The number of aromatic carboxylic acids is 1. The summed E-state index contributed by atoms with van der Waals surface area (Å²) in [5.41, 5.74) is 0.709. The molecule has 1 aromatic heterocycles. The van der Waals surface area contributed by atoms with Gasteiger partial charge >= 0.3 is 5.97 Å². The van der Waals surface area contributed by atoms with Gasteiger partial charge in [-0.05, 0) is 23.9 Å². The first-order chi connectivity index (χ1) is 7.93. The van der Waals surface area contributed by atoms with Crippen LogP contribution >= 0.6 is 11.3 Å². The van der Waals surface area contributed by atoms with Gasteiger partial charge in [0.15, 0.2) is 0 Å². The molecule has 0 aromatic carbocycles. The Morgan fingerprint density at radius 1 is 1.53 bits per heavy atom. The molecule has 0 aliphatic heterocycles. The summed E-state index contributed by atoms with van der Waals surface area (Å²) in [4.78, 5) is 24.3. The average Bonchev–Trinajstić information content (AvgIpc) is 2.72. The fraction of sp³-hybridized carbons (Fsp3) is 0.455. The van der Waals surface area contributed by atoms with Crippen molar-refractivity contribution < 1.29 is 14.7 Å². The number of carbonyl (C=O) groups is 2. The van der Waals surface area contributed by atoms with E-state index in [9.17, 15) is 9.59 Å². The average molecular weight is 256 g/mol. The minimum Gasteiger partial charge on any atom is -0.477 e. The quantitative estimate of drug-likeness (QED) is 0.825. The number of hydrogen-bond acceptors (Lipinski definition) is 4. The van der Waals surface area contributed by atoms with Gasteiger partial charge < -0.3 is 15.3 Å². The second kappa shape index (κ2) is 5.79. The summed E-state index contributed by atoms with van der Waals surface area (Å²) in [5, 5.41) is 13.7. The molecule has 0 aliphatic rings. The van der Waals surface area contributed by atoms with Crippen LogP contribution in [0.25, 0.3) is 0 Å². The zero-order valence-electron chi connectivity index (χ0n) is 10.1. The summed E-state index contributed by atoms with van der Waals surface area (Å²) in [6, 6.07) is 1.43. The summed E-state index contributed by atoms with van der Waals surface area (Å²) in [6.07, 6.45) is 0. The maximum absolute atomic E-state index is 11.6. The van der Waals surface area contributed by atoms with Gasteiger partial charge in [-0.25, -0.2) is 4.79 Å². The van der Waals surface area contributed by atoms with Crippen LogP contribution in [0, 0.1) is 0 Å². The highest BCUT2D eigenvalue weighted by Crippen LogP contribution is 2.16. The van der Waals surface area contributed by atoms with E-state index in [2.05, 4.69) is 5.32 Å². The number of hydrogen-bond donors (Lipinski definition) is 2. The van der Waals surface area contributed by atoms with E-state index >= 15 is 0 Å². The standard InChI is InChI=1S/C11H16N2O3S/c1-7(10(14)13(2)3)12-6-8-4-5-17-9(8)11(15)16/h4-5,7,12H,6H2,1-3H3,(H,15,16). The van der Waals surface area contributed by atoms with Crippen LogP contribution in [-0.4, -0.2) is 42.0 Å². The van der Waals surface area contributed by atoms with Crippen molar-refractivity contribution in [3.05, 3.63) is 21.9 Å².